The first kappa shape index (κ1) is 21.8. The zero-order valence-electron chi connectivity index (χ0n) is 16.2. The monoisotopic (exact) mass is 437 g/mol. The molecule has 3 rings (SSSR count). The summed E-state index contributed by atoms with van der Waals surface area (Å²) in [5.74, 6) is -0.0634. The van der Waals surface area contributed by atoms with Gasteiger partial charge in [-0.25, -0.2) is 10.5 Å². The van der Waals surface area contributed by atoms with Crippen LogP contribution in [-0.4, -0.2) is 28.4 Å². The molecule has 1 aliphatic rings. The number of nitrogens with one attached hydrogen (secondary N) is 2. The number of rotatable bonds is 4. The van der Waals surface area contributed by atoms with Crippen LogP contribution in [0.15, 0.2) is 52.9 Å². The molecule has 6 nitrogen and oxygen atoms in total. The third-order valence-corrected chi connectivity index (χ3v) is 5.27. The maximum Gasteiger partial charge on any atom is 0.417 e. The van der Waals surface area contributed by atoms with Gasteiger partial charge in [0, 0.05) is 24.4 Å². The number of aromatic nitrogens is 1. The molecule has 0 bridgehead atoms. The van der Waals surface area contributed by atoms with Gasteiger partial charge in [-0.1, -0.05) is 23.7 Å². The van der Waals surface area contributed by atoms with Crippen molar-refractivity contribution in [3.05, 3.63) is 69.6 Å². The van der Waals surface area contributed by atoms with Crippen molar-refractivity contribution < 1.29 is 18.0 Å². The first-order valence-electron chi connectivity index (χ1n) is 9.11. The van der Waals surface area contributed by atoms with E-state index >= 15 is 0 Å². The molecule has 2 N–H and O–H groups in total. The van der Waals surface area contributed by atoms with Crippen LogP contribution >= 0.6 is 11.6 Å². The van der Waals surface area contributed by atoms with Crippen LogP contribution < -0.4 is 5.32 Å². The minimum Gasteiger partial charge on any atom is -0.342 e. The summed E-state index contributed by atoms with van der Waals surface area (Å²) in [4.78, 5) is 18.7. The average molecular weight is 438 g/mol. The van der Waals surface area contributed by atoms with Gasteiger partial charge in [0.25, 0.3) is 5.91 Å². The molecule has 158 valence electrons. The predicted molar refractivity (Wildman–Crippen MR) is 106 cm³/mol. The van der Waals surface area contributed by atoms with Crippen molar-refractivity contribution in [3.63, 3.8) is 0 Å². The Morgan fingerprint density at radius 2 is 2.00 bits per heavy atom. The molecule has 0 saturated heterocycles. The highest BCUT2D eigenvalue weighted by Crippen LogP contribution is 2.37. The standard InChI is InChI=1S/C20H19ClF3N5O/c1-11-5-3-8-16(26-11)27-15-9-10-29(12(2)18(15)28-25)19(30)13-6-4-7-14(17(13)21)20(22,23)24/h3-8,12,25H,9-10H2,1-2H3,(H,26,27)/t12-/m1/s1. The number of alkyl halides is 3. The molecule has 1 aliphatic heterocycles. The van der Waals surface area contributed by atoms with Gasteiger partial charge in [-0.05, 0) is 38.1 Å². The van der Waals surface area contributed by atoms with Crippen LogP contribution in [0.5, 0.6) is 0 Å². The largest absolute Gasteiger partial charge is 0.417 e. The molecule has 0 unspecified atom stereocenters. The van der Waals surface area contributed by atoms with Gasteiger partial charge < -0.3 is 10.2 Å². The fraction of sp³-hybridized carbons (Fsp3) is 0.300. The molecule has 0 fully saturated rings. The Labute approximate surface area is 176 Å². The van der Waals surface area contributed by atoms with Crippen molar-refractivity contribution in [2.24, 2.45) is 5.11 Å². The summed E-state index contributed by atoms with van der Waals surface area (Å²) in [6.07, 6.45) is -4.33. The van der Waals surface area contributed by atoms with E-state index in [-0.39, 0.29) is 12.1 Å². The van der Waals surface area contributed by atoms with Crippen molar-refractivity contribution in [1.29, 1.82) is 5.53 Å². The summed E-state index contributed by atoms with van der Waals surface area (Å²) >= 11 is 5.92. The number of aryl methyl sites for hydroxylation is 1. The molecule has 0 saturated carbocycles. The lowest BCUT2D eigenvalue weighted by Crippen LogP contribution is -2.44. The van der Waals surface area contributed by atoms with Crippen molar-refractivity contribution in [1.82, 2.24) is 9.88 Å². The van der Waals surface area contributed by atoms with Crippen LogP contribution in [0.25, 0.3) is 0 Å². The second-order valence-corrected chi connectivity index (χ2v) is 7.23. The molecule has 1 atom stereocenters. The summed E-state index contributed by atoms with van der Waals surface area (Å²) < 4.78 is 39.4. The van der Waals surface area contributed by atoms with E-state index in [2.05, 4.69) is 15.4 Å². The van der Waals surface area contributed by atoms with Gasteiger partial charge in [-0.2, -0.15) is 18.3 Å². The highest BCUT2D eigenvalue weighted by Gasteiger charge is 2.37. The number of carbonyl (C=O) groups excluding carboxylic acids is 1. The normalized spacial score (nSPS) is 17.1. The Morgan fingerprint density at radius 3 is 2.63 bits per heavy atom. The summed E-state index contributed by atoms with van der Waals surface area (Å²) in [5.41, 5.74) is 8.01. The minimum absolute atomic E-state index is 0.222. The second kappa shape index (κ2) is 8.43. The summed E-state index contributed by atoms with van der Waals surface area (Å²) in [6, 6.07) is 8.06. The van der Waals surface area contributed by atoms with Gasteiger partial charge in [0.15, 0.2) is 0 Å². The second-order valence-electron chi connectivity index (χ2n) is 6.85. The van der Waals surface area contributed by atoms with Crippen LogP contribution in [0.2, 0.25) is 5.02 Å². The zero-order chi connectivity index (χ0) is 22.1. The van der Waals surface area contributed by atoms with E-state index in [0.29, 0.717) is 23.6 Å². The van der Waals surface area contributed by atoms with Gasteiger partial charge in [0.1, 0.15) is 11.5 Å². The number of pyridine rings is 1. The number of anilines is 1. The number of hydrogen-bond donors (Lipinski definition) is 2. The Balaban J connectivity index is 1.90. The molecule has 0 aliphatic carbocycles. The molecule has 1 amide bonds. The van der Waals surface area contributed by atoms with E-state index in [1.165, 1.54) is 11.0 Å². The Morgan fingerprint density at radius 1 is 1.30 bits per heavy atom. The van der Waals surface area contributed by atoms with Crippen molar-refractivity contribution >= 4 is 23.3 Å². The van der Waals surface area contributed by atoms with E-state index in [0.717, 1.165) is 17.8 Å². The highest BCUT2D eigenvalue weighted by molar-refractivity contribution is 6.34. The van der Waals surface area contributed by atoms with E-state index in [9.17, 15) is 18.0 Å². The fourth-order valence-corrected chi connectivity index (χ4v) is 3.67. The van der Waals surface area contributed by atoms with Gasteiger partial charge >= 0.3 is 6.18 Å². The van der Waals surface area contributed by atoms with Crippen molar-refractivity contribution in [2.45, 2.75) is 32.5 Å². The number of hydrogen-bond acceptors (Lipinski definition) is 5. The molecule has 2 heterocycles. The van der Waals surface area contributed by atoms with E-state index < -0.39 is 28.7 Å². The SMILES string of the molecule is Cc1cccc(NC2=C(N=N)[C@@H](C)N(C(=O)c3cccc(C(F)(F)F)c3Cl)CC2)n1. The lowest BCUT2D eigenvalue weighted by Gasteiger charge is -2.35. The minimum atomic E-state index is -4.67. The summed E-state index contributed by atoms with van der Waals surface area (Å²) in [5, 5.41) is 6.07. The summed E-state index contributed by atoms with van der Waals surface area (Å²) in [7, 11) is 0. The van der Waals surface area contributed by atoms with Crippen LogP contribution in [0.4, 0.5) is 19.0 Å². The highest BCUT2D eigenvalue weighted by atomic mass is 35.5. The molecule has 1 aromatic heterocycles. The topological polar surface area (TPSA) is 81.4 Å². The molecule has 1 aromatic carbocycles. The van der Waals surface area contributed by atoms with Crippen LogP contribution in [0.3, 0.4) is 0 Å². The first-order chi connectivity index (χ1) is 14.1. The van der Waals surface area contributed by atoms with E-state index in [1.54, 1.807) is 13.0 Å². The Hall–Kier alpha value is -2.94. The third kappa shape index (κ3) is 4.30. The van der Waals surface area contributed by atoms with Gasteiger partial charge in [0.2, 0.25) is 0 Å². The maximum atomic E-state index is 13.1. The lowest BCUT2D eigenvalue weighted by atomic mass is 10.0. The quantitative estimate of drug-likeness (QED) is 0.606. The number of benzene rings is 1. The maximum absolute atomic E-state index is 13.1. The van der Waals surface area contributed by atoms with Gasteiger partial charge in [-0.15, -0.1) is 0 Å². The van der Waals surface area contributed by atoms with Gasteiger partial charge in [-0.3, -0.25) is 4.79 Å². The Bertz CT molecular complexity index is 1020. The number of nitrogens with zero attached hydrogens (tertiary/aromatic N) is 3. The predicted octanol–water partition coefficient (Wildman–Crippen LogP) is 5.65. The van der Waals surface area contributed by atoms with E-state index in [1.807, 2.05) is 19.1 Å². The van der Waals surface area contributed by atoms with Gasteiger partial charge in [0.05, 0.1) is 22.2 Å². The zero-order valence-corrected chi connectivity index (χ0v) is 17.0. The van der Waals surface area contributed by atoms with E-state index in [4.69, 9.17) is 17.1 Å². The molecular formula is C20H19ClF3N5O. The molecule has 30 heavy (non-hydrogen) atoms. The third-order valence-electron chi connectivity index (χ3n) is 4.86. The molecule has 0 spiro atoms. The van der Waals surface area contributed by atoms with Crippen molar-refractivity contribution in [3.8, 4) is 0 Å². The average Bonchev–Trinajstić information content (AvgIpc) is 2.67. The fourth-order valence-electron chi connectivity index (χ4n) is 3.36. The summed E-state index contributed by atoms with van der Waals surface area (Å²) in [6.45, 7) is 3.73. The molecule has 2 aromatic rings. The van der Waals surface area contributed by atoms with Crippen LogP contribution in [-0.2, 0) is 6.18 Å². The number of carbonyl (C=O) groups is 1. The number of halogens is 4. The molecule has 10 heteroatoms. The first-order valence-corrected chi connectivity index (χ1v) is 9.49. The smallest absolute Gasteiger partial charge is 0.342 e. The Kier molecular flexibility index (Phi) is 6.12. The van der Waals surface area contributed by atoms with Crippen LogP contribution in [0.1, 0.15) is 35.0 Å². The molecule has 0 radical (unpaired) electrons. The van der Waals surface area contributed by atoms with Crippen LogP contribution in [0, 0.1) is 12.5 Å². The number of amides is 1. The molecular weight excluding hydrogens is 419 g/mol. The van der Waals surface area contributed by atoms with Crippen molar-refractivity contribution in [2.75, 3.05) is 11.9 Å². The lowest BCUT2D eigenvalue weighted by molar-refractivity contribution is -0.137.